The molecule has 4 rings (SSSR count). The quantitative estimate of drug-likeness (QED) is 0.391. The number of fused-ring (bicyclic) bond motifs is 3. The number of aromatic nitrogens is 3. The smallest absolute Gasteiger partial charge is 0.325 e. The summed E-state index contributed by atoms with van der Waals surface area (Å²) < 4.78 is 0. The Labute approximate surface area is 163 Å². The standard InChI is InChI=1S/C19H19N5O5/c25-9-15(22-16(26)12-7-20-19(29)23-17(12)27)18(28)24-6-5-11-10-3-1-2-4-13(10)21-14(11)8-24/h1-4,7,15,21,25H,5-6,8-9H2,(H,22,26)(H2,20,23,27,29). The summed E-state index contributed by atoms with van der Waals surface area (Å²) in [4.78, 5) is 57.0. The van der Waals surface area contributed by atoms with Gasteiger partial charge >= 0.3 is 5.69 Å². The van der Waals surface area contributed by atoms with E-state index < -0.39 is 35.7 Å². The minimum Gasteiger partial charge on any atom is -0.394 e. The lowest BCUT2D eigenvalue weighted by Gasteiger charge is -2.30. The predicted octanol–water partition coefficient (Wildman–Crippen LogP) is -0.780. The molecule has 10 heteroatoms. The van der Waals surface area contributed by atoms with Crippen LogP contribution < -0.4 is 16.6 Å². The summed E-state index contributed by atoms with van der Waals surface area (Å²) >= 11 is 0. The van der Waals surface area contributed by atoms with Gasteiger partial charge in [-0.3, -0.25) is 19.4 Å². The normalized spacial score (nSPS) is 14.4. The Morgan fingerprint density at radius 1 is 1.21 bits per heavy atom. The van der Waals surface area contributed by atoms with Gasteiger partial charge in [0.25, 0.3) is 11.5 Å². The summed E-state index contributed by atoms with van der Waals surface area (Å²) in [7, 11) is 0. The van der Waals surface area contributed by atoms with Crippen LogP contribution in [0.2, 0.25) is 0 Å². The fourth-order valence-corrected chi connectivity index (χ4v) is 3.60. The zero-order valence-corrected chi connectivity index (χ0v) is 15.3. The number of hydrogen-bond acceptors (Lipinski definition) is 5. The van der Waals surface area contributed by atoms with E-state index in [1.54, 1.807) is 4.90 Å². The largest absolute Gasteiger partial charge is 0.394 e. The molecular formula is C19H19N5O5. The Morgan fingerprint density at radius 3 is 2.76 bits per heavy atom. The number of nitrogens with zero attached hydrogens (tertiary/aromatic N) is 1. The minimum atomic E-state index is -1.21. The molecule has 3 aromatic rings. The zero-order chi connectivity index (χ0) is 20.5. The maximum atomic E-state index is 12.9. The molecule has 0 fully saturated rings. The minimum absolute atomic E-state index is 0.328. The Balaban J connectivity index is 1.51. The van der Waals surface area contributed by atoms with Gasteiger partial charge in [0.1, 0.15) is 11.6 Å². The van der Waals surface area contributed by atoms with Crippen molar-refractivity contribution >= 4 is 22.7 Å². The Hall–Kier alpha value is -3.66. The second-order valence-corrected chi connectivity index (χ2v) is 6.83. The van der Waals surface area contributed by atoms with E-state index >= 15 is 0 Å². The topological polar surface area (TPSA) is 151 Å². The van der Waals surface area contributed by atoms with E-state index in [0.29, 0.717) is 19.5 Å². The van der Waals surface area contributed by atoms with Crippen molar-refractivity contribution < 1.29 is 14.7 Å². The number of para-hydroxylation sites is 1. The molecule has 0 saturated heterocycles. The average molecular weight is 397 g/mol. The third-order valence-electron chi connectivity index (χ3n) is 5.04. The maximum Gasteiger partial charge on any atom is 0.325 e. The second kappa shape index (κ2) is 7.40. The lowest BCUT2D eigenvalue weighted by atomic mass is 10.0. The number of carbonyl (C=O) groups excluding carboxylic acids is 2. The van der Waals surface area contributed by atoms with Crippen molar-refractivity contribution in [3.8, 4) is 0 Å². The van der Waals surface area contributed by atoms with Crippen LogP contribution in [0.3, 0.4) is 0 Å². The Kier molecular flexibility index (Phi) is 4.77. The third-order valence-corrected chi connectivity index (χ3v) is 5.04. The van der Waals surface area contributed by atoms with Crippen molar-refractivity contribution in [1.29, 1.82) is 0 Å². The van der Waals surface area contributed by atoms with Gasteiger partial charge in [-0.05, 0) is 18.1 Å². The first kappa shape index (κ1) is 18.7. The van der Waals surface area contributed by atoms with Gasteiger partial charge in [0.2, 0.25) is 5.91 Å². The van der Waals surface area contributed by atoms with Crippen molar-refractivity contribution in [2.45, 2.75) is 19.0 Å². The van der Waals surface area contributed by atoms with E-state index in [4.69, 9.17) is 0 Å². The molecule has 0 bridgehead atoms. The number of hydrogen-bond donors (Lipinski definition) is 5. The maximum absolute atomic E-state index is 12.9. The molecule has 150 valence electrons. The highest BCUT2D eigenvalue weighted by atomic mass is 16.3. The highest BCUT2D eigenvalue weighted by molar-refractivity contribution is 5.97. The van der Waals surface area contributed by atoms with Gasteiger partial charge in [0, 0.05) is 29.3 Å². The number of aliphatic hydroxyl groups excluding tert-OH is 1. The van der Waals surface area contributed by atoms with Crippen molar-refractivity contribution in [2.24, 2.45) is 0 Å². The average Bonchev–Trinajstić information content (AvgIpc) is 3.09. The summed E-state index contributed by atoms with van der Waals surface area (Å²) in [5, 5.41) is 13.1. The Morgan fingerprint density at radius 2 is 2.00 bits per heavy atom. The van der Waals surface area contributed by atoms with Crippen LogP contribution in [0.25, 0.3) is 10.9 Å². The number of rotatable bonds is 4. The number of amides is 2. The fraction of sp³-hybridized carbons (Fsp3) is 0.263. The van der Waals surface area contributed by atoms with Crippen LogP contribution in [-0.4, -0.2) is 56.0 Å². The van der Waals surface area contributed by atoms with Crippen LogP contribution in [0.15, 0.2) is 40.1 Å². The van der Waals surface area contributed by atoms with E-state index in [9.17, 15) is 24.3 Å². The third kappa shape index (κ3) is 3.45. The molecule has 1 unspecified atom stereocenters. The van der Waals surface area contributed by atoms with Gasteiger partial charge in [0.05, 0.1) is 13.2 Å². The van der Waals surface area contributed by atoms with Gasteiger partial charge in [-0.2, -0.15) is 0 Å². The van der Waals surface area contributed by atoms with Crippen molar-refractivity contribution in [2.75, 3.05) is 13.2 Å². The van der Waals surface area contributed by atoms with Crippen LogP contribution in [0.5, 0.6) is 0 Å². The molecule has 0 aliphatic carbocycles. The van der Waals surface area contributed by atoms with Gasteiger partial charge in [-0.15, -0.1) is 0 Å². The molecule has 2 amide bonds. The molecule has 1 aliphatic rings. The van der Waals surface area contributed by atoms with Crippen molar-refractivity contribution in [1.82, 2.24) is 25.2 Å². The summed E-state index contributed by atoms with van der Waals surface area (Å²) in [5.74, 6) is -1.32. The Bertz CT molecular complexity index is 1210. The molecule has 0 spiro atoms. The number of nitrogens with one attached hydrogen (secondary N) is 4. The summed E-state index contributed by atoms with van der Waals surface area (Å²) in [6.07, 6.45) is 1.61. The van der Waals surface area contributed by atoms with E-state index in [1.165, 1.54) is 0 Å². The lowest BCUT2D eigenvalue weighted by molar-refractivity contribution is -0.135. The summed E-state index contributed by atoms with van der Waals surface area (Å²) in [6, 6.07) is 6.69. The molecule has 29 heavy (non-hydrogen) atoms. The molecule has 10 nitrogen and oxygen atoms in total. The van der Waals surface area contributed by atoms with E-state index in [-0.39, 0.29) is 5.56 Å². The van der Waals surface area contributed by atoms with Crippen LogP contribution in [-0.2, 0) is 17.8 Å². The number of H-pyrrole nitrogens is 3. The zero-order valence-electron chi connectivity index (χ0n) is 15.3. The first-order chi connectivity index (χ1) is 14.0. The molecule has 3 heterocycles. The molecule has 1 aliphatic heterocycles. The van der Waals surface area contributed by atoms with Gasteiger partial charge < -0.3 is 25.3 Å². The number of aliphatic hydroxyl groups is 1. The molecular weight excluding hydrogens is 378 g/mol. The van der Waals surface area contributed by atoms with Crippen molar-refractivity contribution in [3.05, 3.63) is 68.1 Å². The first-order valence-electron chi connectivity index (χ1n) is 9.09. The molecule has 2 aromatic heterocycles. The SMILES string of the molecule is O=C(NC(CO)C(=O)N1CCc2c([nH]c3ccccc23)C1)c1c[nH]c(=O)[nH]c1=O. The second-order valence-electron chi connectivity index (χ2n) is 6.83. The van der Waals surface area contributed by atoms with Crippen LogP contribution in [0.4, 0.5) is 0 Å². The fourth-order valence-electron chi connectivity index (χ4n) is 3.60. The molecule has 1 aromatic carbocycles. The highest BCUT2D eigenvalue weighted by Gasteiger charge is 2.30. The molecule has 0 radical (unpaired) electrons. The summed E-state index contributed by atoms with van der Waals surface area (Å²) in [5.41, 5.74) is 1.10. The number of carbonyl (C=O) groups is 2. The predicted molar refractivity (Wildman–Crippen MR) is 103 cm³/mol. The van der Waals surface area contributed by atoms with Crippen LogP contribution in [0.1, 0.15) is 21.6 Å². The number of benzene rings is 1. The number of aromatic amines is 3. The molecule has 5 N–H and O–H groups in total. The lowest BCUT2D eigenvalue weighted by Crippen LogP contribution is -2.52. The van der Waals surface area contributed by atoms with Gasteiger partial charge in [-0.25, -0.2) is 4.79 Å². The summed E-state index contributed by atoms with van der Waals surface area (Å²) in [6.45, 7) is 0.148. The first-order valence-corrected chi connectivity index (χ1v) is 9.09. The van der Waals surface area contributed by atoms with E-state index in [2.05, 4.69) is 15.3 Å². The molecule has 1 atom stereocenters. The van der Waals surface area contributed by atoms with Gasteiger partial charge in [-0.1, -0.05) is 18.2 Å². The highest BCUT2D eigenvalue weighted by Crippen LogP contribution is 2.27. The van der Waals surface area contributed by atoms with Crippen molar-refractivity contribution in [3.63, 3.8) is 0 Å². The monoisotopic (exact) mass is 397 g/mol. The molecule has 0 saturated carbocycles. The van der Waals surface area contributed by atoms with Crippen LogP contribution >= 0.6 is 0 Å². The van der Waals surface area contributed by atoms with Crippen LogP contribution in [0, 0.1) is 0 Å². The van der Waals surface area contributed by atoms with E-state index in [1.807, 2.05) is 29.2 Å². The van der Waals surface area contributed by atoms with Gasteiger partial charge in [0.15, 0.2) is 0 Å². The van der Waals surface area contributed by atoms with E-state index in [0.717, 1.165) is 28.4 Å².